The molecule has 136 valence electrons. The summed E-state index contributed by atoms with van der Waals surface area (Å²) in [5, 5.41) is 16.2. The molecular weight excluding hydrogens is 340 g/mol. The lowest BCUT2D eigenvalue weighted by atomic mass is 9.74. The number of hydrogen-bond acceptors (Lipinski definition) is 5. The number of hydrogen-bond donors (Lipinski definition) is 4. The first-order valence-corrected chi connectivity index (χ1v) is 9.27. The summed E-state index contributed by atoms with van der Waals surface area (Å²) in [6.45, 7) is 1.95. The van der Waals surface area contributed by atoms with Crippen molar-refractivity contribution in [1.29, 1.82) is 0 Å². The predicted molar refractivity (Wildman–Crippen MR) is 98.6 cm³/mol. The second-order valence-electron chi connectivity index (χ2n) is 6.95. The quantitative estimate of drug-likeness (QED) is 0.366. The zero-order valence-electron chi connectivity index (χ0n) is 14.2. The minimum Gasteiger partial charge on any atom is -0.362 e. The van der Waals surface area contributed by atoms with E-state index in [0.717, 1.165) is 19.5 Å². The van der Waals surface area contributed by atoms with Crippen LogP contribution in [-0.4, -0.2) is 34.7 Å². The number of amides is 1. The Bertz CT molecular complexity index is 638. The van der Waals surface area contributed by atoms with Crippen molar-refractivity contribution in [3.63, 3.8) is 0 Å². The highest BCUT2D eigenvalue weighted by Gasteiger charge is 2.42. The van der Waals surface area contributed by atoms with Gasteiger partial charge in [0.15, 0.2) is 0 Å². The lowest BCUT2D eigenvalue weighted by molar-refractivity contribution is -0.124. The van der Waals surface area contributed by atoms with Crippen LogP contribution in [0.25, 0.3) is 6.08 Å². The van der Waals surface area contributed by atoms with Gasteiger partial charge in [-0.2, -0.15) is 0 Å². The zero-order valence-corrected chi connectivity index (χ0v) is 15.0. The summed E-state index contributed by atoms with van der Waals surface area (Å²) in [6.07, 6.45) is 12.0. The SMILES string of the molecule is O=C(/C=C/c1cnc(N[C@@]2(C3CCCCC3)CCNC2)c(Cl)c1)NO. The molecule has 0 unspecified atom stereocenters. The molecular formula is C18H25ClN4O2. The van der Waals surface area contributed by atoms with Gasteiger partial charge in [-0.1, -0.05) is 30.9 Å². The zero-order chi connectivity index (χ0) is 17.7. The number of rotatable bonds is 5. The number of carbonyl (C=O) groups is 1. The third kappa shape index (κ3) is 4.32. The highest BCUT2D eigenvalue weighted by molar-refractivity contribution is 6.33. The largest absolute Gasteiger partial charge is 0.362 e. The van der Waals surface area contributed by atoms with E-state index in [1.165, 1.54) is 38.2 Å². The number of nitrogens with zero attached hydrogens (tertiary/aromatic N) is 1. The van der Waals surface area contributed by atoms with Gasteiger partial charge in [-0.25, -0.2) is 10.5 Å². The average Bonchev–Trinajstić information content (AvgIpc) is 3.12. The van der Waals surface area contributed by atoms with Gasteiger partial charge in [0.1, 0.15) is 5.82 Å². The van der Waals surface area contributed by atoms with Gasteiger partial charge in [-0.05, 0) is 49.4 Å². The first kappa shape index (κ1) is 18.2. The van der Waals surface area contributed by atoms with E-state index >= 15 is 0 Å². The molecule has 1 aliphatic heterocycles. The van der Waals surface area contributed by atoms with Crippen LogP contribution in [0.1, 0.15) is 44.1 Å². The number of nitrogens with one attached hydrogen (secondary N) is 3. The Labute approximate surface area is 153 Å². The second-order valence-corrected chi connectivity index (χ2v) is 7.36. The molecule has 1 amide bonds. The number of carbonyl (C=O) groups excluding carboxylic acids is 1. The Morgan fingerprint density at radius 2 is 2.20 bits per heavy atom. The normalized spacial score (nSPS) is 24.6. The van der Waals surface area contributed by atoms with Gasteiger partial charge in [0.05, 0.1) is 10.6 Å². The van der Waals surface area contributed by atoms with Crippen LogP contribution in [0.15, 0.2) is 18.3 Å². The van der Waals surface area contributed by atoms with Gasteiger partial charge in [0.2, 0.25) is 0 Å². The fraction of sp³-hybridized carbons (Fsp3) is 0.556. The molecule has 1 saturated carbocycles. The smallest absolute Gasteiger partial charge is 0.267 e. The third-order valence-electron chi connectivity index (χ3n) is 5.34. The highest BCUT2D eigenvalue weighted by atomic mass is 35.5. The maximum atomic E-state index is 11.1. The van der Waals surface area contributed by atoms with Gasteiger partial charge in [0, 0.05) is 18.8 Å². The van der Waals surface area contributed by atoms with Crippen LogP contribution in [0.4, 0.5) is 5.82 Å². The Hall–Kier alpha value is -1.63. The minimum atomic E-state index is -0.591. The van der Waals surface area contributed by atoms with E-state index in [1.807, 2.05) is 0 Å². The molecule has 1 atom stereocenters. The van der Waals surface area contributed by atoms with Crippen molar-refractivity contribution in [2.75, 3.05) is 18.4 Å². The van der Waals surface area contributed by atoms with Crippen LogP contribution < -0.4 is 16.1 Å². The van der Waals surface area contributed by atoms with Gasteiger partial charge in [0.25, 0.3) is 5.91 Å². The summed E-state index contributed by atoms with van der Waals surface area (Å²) in [4.78, 5) is 15.5. The molecule has 1 aliphatic carbocycles. The van der Waals surface area contributed by atoms with E-state index < -0.39 is 5.91 Å². The van der Waals surface area contributed by atoms with Crippen molar-refractivity contribution in [3.05, 3.63) is 28.9 Å². The first-order chi connectivity index (χ1) is 12.1. The molecule has 4 N–H and O–H groups in total. The van der Waals surface area contributed by atoms with E-state index in [2.05, 4.69) is 15.6 Å². The number of hydroxylamine groups is 1. The van der Waals surface area contributed by atoms with Crippen LogP contribution >= 0.6 is 11.6 Å². The molecule has 0 bridgehead atoms. The maximum Gasteiger partial charge on any atom is 0.267 e. The van der Waals surface area contributed by atoms with E-state index in [-0.39, 0.29) is 5.54 Å². The Morgan fingerprint density at radius 3 is 2.84 bits per heavy atom. The molecule has 1 aromatic rings. The number of aromatic nitrogens is 1. The molecule has 7 heteroatoms. The monoisotopic (exact) mass is 364 g/mol. The van der Waals surface area contributed by atoms with E-state index in [4.69, 9.17) is 16.8 Å². The van der Waals surface area contributed by atoms with Crippen LogP contribution in [0.2, 0.25) is 5.02 Å². The summed E-state index contributed by atoms with van der Waals surface area (Å²) in [6, 6.07) is 1.77. The molecule has 0 aromatic carbocycles. The topological polar surface area (TPSA) is 86.3 Å². The Balaban J connectivity index is 1.76. The highest BCUT2D eigenvalue weighted by Crippen LogP contribution is 2.39. The second kappa shape index (κ2) is 8.17. The van der Waals surface area contributed by atoms with Crippen molar-refractivity contribution in [1.82, 2.24) is 15.8 Å². The maximum absolute atomic E-state index is 11.1. The van der Waals surface area contributed by atoms with Crippen molar-refractivity contribution < 1.29 is 10.0 Å². The first-order valence-electron chi connectivity index (χ1n) is 8.89. The van der Waals surface area contributed by atoms with Gasteiger partial charge >= 0.3 is 0 Å². The Morgan fingerprint density at radius 1 is 1.40 bits per heavy atom. The predicted octanol–water partition coefficient (Wildman–Crippen LogP) is 2.98. The summed E-state index contributed by atoms with van der Waals surface area (Å²) in [7, 11) is 0. The molecule has 0 spiro atoms. The lowest BCUT2D eigenvalue weighted by Crippen LogP contribution is -2.48. The average molecular weight is 365 g/mol. The molecule has 0 radical (unpaired) electrons. The van der Waals surface area contributed by atoms with Crippen molar-refractivity contribution in [3.8, 4) is 0 Å². The third-order valence-corrected chi connectivity index (χ3v) is 5.63. The van der Waals surface area contributed by atoms with E-state index in [1.54, 1.807) is 23.8 Å². The number of pyridine rings is 1. The van der Waals surface area contributed by atoms with Crippen LogP contribution in [0.3, 0.4) is 0 Å². The van der Waals surface area contributed by atoms with Crippen molar-refractivity contribution in [2.45, 2.75) is 44.1 Å². The lowest BCUT2D eigenvalue weighted by Gasteiger charge is -2.40. The molecule has 2 heterocycles. The van der Waals surface area contributed by atoms with Crippen LogP contribution in [0, 0.1) is 5.92 Å². The summed E-state index contributed by atoms with van der Waals surface area (Å²) < 4.78 is 0. The number of anilines is 1. The van der Waals surface area contributed by atoms with Gasteiger partial charge < -0.3 is 10.6 Å². The summed E-state index contributed by atoms with van der Waals surface area (Å²) in [5.41, 5.74) is 2.28. The van der Waals surface area contributed by atoms with E-state index in [9.17, 15) is 4.79 Å². The van der Waals surface area contributed by atoms with Gasteiger partial charge in [-0.15, -0.1) is 0 Å². The number of halogens is 1. The summed E-state index contributed by atoms with van der Waals surface area (Å²) >= 11 is 6.43. The molecule has 25 heavy (non-hydrogen) atoms. The molecule has 3 rings (SSSR count). The molecule has 1 saturated heterocycles. The minimum absolute atomic E-state index is 0.0190. The van der Waals surface area contributed by atoms with Crippen molar-refractivity contribution >= 4 is 29.4 Å². The van der Waals surface area contributed by atoms with Crippen molar-refractivity contribution in [2.24, 2.45) is 5.92 Å². The fourth-order valence-corrected chi connectivity index (χ4v) is 4.23. The van der Waals surface area contributed by atoms with Crippen LogP contribution in [-0.2, 0) is 4.79 Å². The standard InChI is InChI=1S/C18H25ClN4O2/c19-15-10-13(6-7-16(24)23-25)11-21-17(15)22-18(8-9-20-12-18)14-4-2-1-3-5-14/h6-7,10-11,14,20,25H,1-5,8-9,12H2,(H,21,22)(H,23,24)/b7-6+/t18-/m0/s1. The molecule has 1 aromatic heterocycles. The fourth-order valence-electron chi connectivity index (χ4n) is 4.00. The molecule has 2 fully saturated rings. The van der Waals surface area contributed by atoms with E-state index in [0.29, 0.717) is 22.3 Å². The Kier molecular flexibility index (Phi) is 5.93. The van der Waals surface area contributed by atoms with Crippen LogP contribution in [0.5, 0.6) is 0 Å². The van der Waals surface area contributed by atoms with Gasteiger partial charge in [-0.3, -0.25) is 10.0 Å². The molecule has 2 aliphatic rings. The summed E-state index contributed by atoms with van der Waals surface area (Å²) in [5.74, 6) is 0.744. The molecule has 6 nitrogen and oxygen atoms in total.